The molecule has 29 heavy (non-hydrogen) atoms. The largest absolute Gasteiger partial charge is 0.352 e. The zero-order chi connectivity index (χ0) is 20.3. The molecule has 0 heterocycles. The van der Waals surface area contributed by atoms with Crippen molar-refractivity contribution in [3.05, 3.63) is 11.6 Å². The van der Waals surface area contributed by atoms with Gasteiger partial charge in [0.05, 0.1) is 6.04 Å². The van der Waals surface area contributed by atoms with E-state index in [1.807, 2.05) is 6.92 Å². The Morgan fingerprint density at radius 1 is 1.14 bits per heavy atom. The van der Waals surface area contributed by atoms with Gasteiger partial charge in [0.25, 0.3) is 0 Å². The molecule has 8 atom stereocenters. The summed E-state index contributed by atoms with van der Waals surface area (Å²) in [5.74, 6) is 2.82. The van der Waals surface area contributed by atoms with Crippen LogP contribution in [0, 0.1) is 34.5 Å². The zero-order valence-electron chi connectivity index (χ0n) is 18.5. The smallest absolute Gasteiger partial charge is 0.236 e. The molecule has 4 aliphatic rings. The molecule has 0 spiro atoms. The van der Waals surface area contributed by atoms with E-state index in [1.165, 1.54) is 19.3 Å². The van der Waals surface area contributed by atoms with Crippen molar-refractivity contribution < 1.29 is 9.59 Å². The van der Waals surface area contributed by atoms with Crippen LogP contribution in [0.1, 0.15) is 79.1 Å². The molecule has 3 unspecified atom stereocenters. The van der Waals surface area contributed by atoms with E-state index in [0.29, 0.717) is 11.7 Å². The van der Waals surface area contributed by atoms with Gasteiger partial charge in [-0.1, -0.05) is 25.5 Å². The summed E-state index contributed by atoms with van der Waals surface area (Å²) in [7, 11) is 0. The second kappa shape index (κ2) is 8.00. The van der Waals surface area contributed by atoms with Gasteiger partial charge in [0.2, 0.25) is 5.91 Å². The highest BCUT2D eigenvalue weighted by molar-refractivity contribution is 5.85. The van der Waals surface area contributed by atoms with E-state index in [1.54, 1.807) is 12.5 Å². The van der Waals surface area contributed by atoms with E-state index < -0.39 is 6.04 Å². The van der Waals surface area contributed by atoms with Crippen LogP contribution in [0.15, 0.2) is 11.6 Å². The number of nitrogens with two attached hydrogens (primary N) is 1. The second-order valence-electron chi connectivity index (χ2n) is 10.8. The summed E-state index contributed by atoms with van der Waals surface area (Å²) < 4.78 is 0. The fourth-order valence-corrected chi connectivity index (χ4v) is 7.78. The van der Waals surface area contributed by atoms with Crippen LogP contribution in [-0.4, -0.2) is 23.8 Å². The first-order chi connectivity index (χ1) is 13.2. The second-order valence-corrected chi connectivity index (χ2v) is 10.8. The molecule has 4 aliphatic carbocycles. The molecule has 164 valence electrons. The first-order valence-electron chi connectivity index (χ1n) is 11.4. The van der Waals surface area contributed by atoms with E-state index in [4.69, 9.17) is 5.73 Å². The first kappa shape index (κ1) is 22.8. The monoisotopic (exact) mass is 422 g/mol. The number of carbonyl (C=O) groups is 2. The van der Waals surface area contributed by atoms with Crippen molar-refractivity contribution in [2.24, 2.45) is 40.2 Å². The molecule has 1 amide bonds. The molecule has 3 saturated carbocycles. The molecule has 0 aliphatic heterocycles. The maximum atomic E-state index is 12.3. The number of Topliss-reactive ketones (excluding diaryl/α,β-unsaturated/α-hetero) is 1. The third-order valence-electron chi connectivity index (χ3n) is 9.35. The molecule has 3 N–H and O–H groups in total. The molecule has 3 fully saturated rings. The van der Waals surface area contributed by atoms with Gasteiger partial charge in [0, 0.05) is 12.0 Å². The Balaban J connectivity index is 0.00000240. The highest BCUT2D eigenvalue weighted by atomic mass is 35.5. The van der Waals surface area contributed by atoms with Gasteiger partial charge in [-0.05, 0) is 93.8 Å². The number of rotatable bonds is 3. The minimum Gasteiger partial charge on any atom is -0.352 e. The summed E-state index contributed by atoms with van der Waals surface area (Å²) in [6.07, 6.45) is 11.6. The summed E-state index contributed by atoms with van der Waals surface area (Å²) in [5, 5.41) is 3.16. The number of allylic oxidation sites excluding steroid dienone is 1. The van der Waals surface area contributed by atoms with Crippen LogP contribution >= 0.6 is 12.4 Å². The van der Waals surface area contributed by atoms with Crippen LogP contribution in [0.2, 0.25) is 0 Å². The fraction of sp³-hybridized carbons (Fsp3) is 0.833. The average Bonchev–Trinajstić information content (AvgIpc) is 2.99. The summed E-state index contributed by atoms with van der Waals surface area (Å²) >= 11 is 0. The molecule has 0 radical (unpaired) electrons. The summed E-state index contributed by atoms with van der Waals surface area (Å²) in [6.45, 7) is 8.46. The third-order valence-corrected chi connectivity index (χ3v) is 9.35. The fourth-order valence-electron chi connectivity index (χ4n) is 7.78. The van der Waals surface area contributed by atoms with Crippen LogP contribution in [0.5, 0.6) is 0 Å². The Morgan fingerprint density at radius 2 is 1.86 bits per heavy atom. The average molecular weight is 423 g/mol. The first-order valence-corrected chi connectivity index (χ1v) is 11.4. The van der Waals surface area contributed by atoms with Crippen LogP contribution in [0.4, 0.5) is 0 Å². The van der Waals surface area contributed by atoms with Crippen molar-refractivity contribution in [2.75, 3.05) is 0 Å². The lowest BCUT2D eigenvalue weighted by atomic mass is 9.47. The maximum Gasteiger partial charge on any atom is 0.236 e. The Hall–Kier alpha value is -0.870. The molecular weight excluding hydrogens is 384 g/mol. The molecule has 0 saturated heterocycles. The maximum absolute atomic E-state index is 12.3. The standard InChI is InChI=1S/C24H38N2O2.ClH/c1-14(25)22(28)26-17-9-11-23(3)16(13-17)5-6-18-20-8-7-19(15(2)27)24(20,4)12-10-21(18)23;/h5,14,17-21H,6-13,25H2,1-4H3,(H,26,28);1H/t14-,17+,18?,19+,20?,21?,23-,24+;/m0./s1. The van der Waals surface area contributed by atoms with Gasteiger partial charge in [-0.25, -0.2) is 0 Å². The number of hydrogen-bond acceptors (Lipinski definition) is 3. The summed E-state index contributed by atoms with van der Waals surface area (Å²) in [4.78, 5) is 24.3. The lowest BCUT2D eigenvalue weighted by Crippen LogP contribution is -2.53. The van der Waals surface area contributed by atoms with Crippen molar-refractivity contribution in [3.63, 3.8) is 0 Å². The predicted octanol–water partition coefficient (Wildman–Crippen LogP) is 4.41. The van der Waals surface area contributed by atoms with Gasteiger partial charge >= 0.3 is 0 Å². The molecule has 5 heteroatoms. The van der Waals surface area contributed by atoms with E-state index in [-0.39, 0.29) is 41.1 Å². The number of fused-ring (bicyclic) bond motifs is 5. The zero-order valence-corrected chi connectivity index (χ0v) is 19.3. The molecule has 0 aromatic carbocycles. The predicted molar refractivity (Wildman–Crippen MR) is 119 cm³/mol. The number of hydrogen-bond donors (Lipinski definition) is 2. The summed E-state index contributed by atoms with van der Waals surface area (Å²) in [5.41, 5.74) is 7.80. The van der Waals surface area contributed by atoms with E-state index >= 15 is 0 Å². The Kier molecular flexibility index (Phi) is 6.29. The minimum absolute atomic E-state index is 0. The highest BCUT2D eigenvalue weighted by Crippen LogP contribution is 2.66. The molecule has 0 bridgehead atoms. The van der Waals surface area contributed by atoms with E-state index in [9.17, 15) is 9.59 Å². The van der Waals surface area contributed by atoms with Crippen LogP contribution in [-0.2, 0) is 9.59 Å². The molecule has 0 aromatic heterocycles. The lowest BCUT2D eigenvalue weighted by Gasteiger charge is -2.58. The molecular formula is C24H39ClN2O2. The molecule has 4 rings (SSSR count). The lowest BCUT2D eigenvalue weighted by molar-refractivity contribution is -0.127. The normalized spacial score (nSPS) is 44.3. The van der Waals surface area contributed by atoms with Crippen molar-refractivity contribution in [1.82, 2.24) is 5.32 Å². The topological polar surface area (TPSA) is 72.2 Å². The Labute approximate surface area is 182 Å². The minimum atomic E-state index is -0.439. The number of nitrogens with one attached hydrogen (secondary N) is 1. The number of halogens is 1. The number of carbonyl (C=O) groups excluding carboxylic acids is 2. The van der Waals surface area contributed by atoms with Crippen LogP contribution in [0.25, 0.3) is 0 Å². The van der Waals surface area contributed by atoms with Crippen molar-refractivity contribution >= 4 is 24.1 Å². The van der Waals surface area contributed by atoms with Gasteiger partial charge in [-0.2, -0.15) is 0 Å². The van der Waals surface area contributed by atoms with E-state index in [0.717, 1.165) is 43.9 Å². The van der Waals surface area contributed by atoms with Crippen LogP contribution < -0.4 is 11.1 Å². The van der Waals surface area contributed by atoms with Crippen molar-refractivity contribution in [3.8, 4) is 0 Å². The molecule has 0 aromatic rings. The van der Waals surface area contributed by atoms with Gasteiger partial charge < -0.3 is 11.1 Å². The SMILES string of the molecule is CC(=O)[C@H]1CCC2C3CC=C4C[C@H](NC(=O)[C@H](C)N)CC[C@]4(C)C3CC[C@@]21C.Cl. The van der Waals surface area contributed by atoms with Gasteiger partial charge in [-0.15, -0.1) is 12.4 Å². The number of amides is 1. The van der Waals surface area contributed by atoms with Crippen LogP contribution in [0.3, 0.4) is 0 Å². The van der Waals surface area contributed by atoms with Gasteiger partial charge in [0.1, 0.15) is 5.78 Å². The quantitative estimate of drug-likeness (QED) is 0.661. The third kappa shape index (κ3) is 3.59. The van der Waals surface area contributed by atoms with Crippen molar-refractivity contribution in [2.45, 2.75) is 91.1 Å². The summed E-state index contributed by atoms with van der Waals surface area (Å²) in [6, 6.07) is -0.206. The van der Waals surface area contributed by atoms with E-state index in [2.05, 4.69) is 25.2 Å². The number of ketones is 1. The van der Waals surface area contributed by atoms with Gasteiger partial charge in [0.15, 0.2) is 0 Å². The Morgan fingerprint density at radius 3 is 2.52 bits per heavy atom. The Bertz CT molecular complexity index is 705. The molecule has 4 nitrogen and oxygen atoms in total. The van der Waals surface area contributed by atoms with Crippen molar-refractivity contribution in [1.29, 1.82) is 0 Å². The highest BCUT2D eigenvalue weighted by Gasteiger charge is 2.59. The van der Waals surface area contributed by atoms with Gasteiger partial charge in [-0.3, -0.25) is 9.59 Å².